The quantitative estimate of drug-likeness (QED) is 0.678. The van der Waals surface area contributed by atoms with Crippen molar-refractivity contribution in [1.29, 1.82) is 0 Å². The molecule has 21 heavy (non-hydrogen) atoms. The Bertz CT molecular complexity index is 224. The van der Waals surface area contributed by atoms with Crippen molar-refractivity contribution in [1.82, 2.24) is 14.7 Å². The maximum absolute atomic E-state index is 9.14. The van der Waals surface area contributed by atoms with E-state index in [1.54, 1.807) is 0 Å². The lowest BCUT2D eigenvalue weighted by Crippen LogP contribution is -2.43. The Balaban J connectivity index is 2.51. The highest BCUT2D eigenvalue weighted by atomic mass is 16.5. The Morgan fingerprint density at radius 2 is 1.14 bits per heavy atom. The van der Waals surface area contributed by atoms with E-state index < -0.39 is 0 Å². The summed E-state index contributed by atoms with van der Waals surface area (Å²) in [6.45, 7) is 12.4. The molecule has 0 aromatic rings. The van der Waals surface area contributed by atoms with Gasteiger partial charge in [-0.05, 0) is 13.0 Å². The van der Waals surface area contributed by atoms with E-state index >= 15 is 0 Å². The van der Waals surface area contributed by atoms with Crippen LogP contribution in [0.2, 0.25) is 0 Å². The molecule has 0 unspecified atom stereocenters. The Hall–Kier alpha value is -0.240. The van der Waals surface area contributed by atoms with Crippen LogP contribution in [0.4, 0.5) is 0 Å². The fourth-order valence-electron chi connectivity index (χ4n) is 2.66. The first-order chi connectivity index (χ1) is 10.3. The second kappa shape index (κ2) is 12.3. The molecule has 0 aliphatic carbocycles. The molecule has 0 amide bonds. The Kier molecular flexibility index (Phi) is 11.0. The first kappa shape index (κ1) is 18.8. The molecule has 0 saturated carbocycles. The lowest BCUT2D eigenvalue weighted by Gasteiger charge is -2.30. The number of ether oxygens (including phenoxy) is 1. The zero-order valence-electron chi connectivity index (χ0n) is 13.5. The standard InChI is InChI=1S/C15H33N3O3/c1-2-3-16-4-6-17(8-12-19)10-14-21-15-11-18(7-5-16)9-13-20/h19-20H,2-15H2,1H3. The fraction of sp³-hybridized carbons (Fsp3) is 1.00. The zero-order valence-corrected chi connectivity index (χ0v) is 13.5. The monoisotopic (exact) mass is 303 g/mol. The maximum atomic E-state index is 9.14. The Labute approximate surface area is 129 Å². The summed E-state index contributed by atoms with van der Waals surface area (Å²) in [5.74, 6) is 0. The highest BCUT2D eigenvalue weighted by Gasteiger charge is 2.12. The van der Waals surface area contributed by atoms with Crippen LogP contribution in [-0.2, 0) is 4.74 Å². The molecule has 6 heteroatoms. The van der Waals surface area contributed by atoms with Gasteiger partial charge in [0.05, 0.1) is 26.4 Å². The summed E-state index contributed by atoms with van der Waals surface area (Å²) < 4.78 is 5.67. The van der Waals surface area contributed by atoms with Crippen molar-refractivity contribution in [3.63, 3.8) is 0 Å². The third-order valence-corrected chi connectivity index (χ3v) is 3.94. The average Bonchev–Trinajstić information content (AvgIpc) is 2.47. The SMILES string of the molecule is CCCN1CCN(CCO)CCOCCN(CCO)CC1. The van der Waals surface area contributed by atoms with Crippen molar-refractivity contribution < 1.29 is 14.9 Å². The van der Waals surface area contributed by atoms with Gasteiger partial charge >= 0.3 is 0 Å². The minimum absolute atomic E-state index is 0.206. The molecule has 1 aliphatic heterocycles. The molecule has 1 saturated heterocycles. The molecule has 0 aromatic heterocycles. The molecule has 0 atom stereocenters. The molecule has 126 valence electrons. The van der Waals surface area contributed by atoms with Crippen LogP contribution in [0.25, 0.3) is 0 Å². The molecule has 0 spiro atoms. The molecule has 1 heterocycles. The number of hydrogen-bond acceptors (Lipinski definition) is 6. The molecule has 1 rings (SSSR count). The minimum atomic E-state index is 0.206. The number of aliphatic hydroxyl groups is 2. The summed E-state index contributed by atoms with van der Waals surface area (Å²) in [4.78, 5) is 7.03. The van der Waals surface area contributed by atoms with Crippen molar-refractivity contribution in [2.45, 2.75) is 13.3 Å². The molecule has 6 nitrogen and oxygen atoms in total. The van der Waals surface area contributed by atoms with Gasteiger partial charge in [-0.25, -0.2) is 0 Å². The van der Waals surface area contributed by atoms with E-state index in [-0.39, 0.29) is 13.2 Å². The molecule has 1 aliphatic rings. The van der Waals surface area contributed by atoms with Crippen LogP contribution >= 0.6 is 0 Å². The molecule has 0 aromatic carbocycles. The van der Waals surface area contributed by atoms with Gasteiger partial charge in [0.25, 0.3) is 0 Å². The summed E-state index contributed by atoms with van der Waals surface area (Å²) in [6, 6.07) is 0. The van der Waals surface area contributed by atoms with Crippen LogP contribution in [0.15, 0.2) is 0 Å². The summed E-state index contributed by atoms with van der Waals surface area (Å²) in [5.41, 5.74) is 0. The van der Waals surface area contributed by atoms with Crippen LogP contribution in [0.1, 0.15) is 13.3 Å². The third kappa shape index (κ3) is 8.70. The summed E-state index contributed by atoms with van der Waals surface area (Å²) in [6.07, 6.45) is 1.16. The summed E-state index contributed by atoms with van der Waals surface area (Å²) in [5, 5.41) is 18.3. The second-order valence-corrected chi connectivity index (χ2v) is 5.58. The van der Waals surface area contributed by atoms with Gasteiger partial charge in [-0.2, -0.15) is 0 Å². The summed E-state index contributed by atoms with van der Waals surface area (Å²) >= 11 is 0. The van der Waals surface area contributed by atoms with Gasteiger partial charge in [-0.1, -0.05) is 6.92 Å². The van der Waals surface area contributed by atoms with Gasteiger partial charge in [0.2, 0.25) is 0 Å². The van der Waals surface area contributed by atoms with Crippen LogP contribution in [0.3, 0.4) is 0 Å². The molecule has 0 radical (unpaired) electrons. The third-order valence-electron chi connectivity index (χ3n) is 3.94. The highest BCUT2D eigenvalue weighted by Crippen LogP contribution is 1.99. The van der Waals surface area contributed by atoms with Crippen molar-refractivity contribution >= 4 is 0 Å². The Morgan fingerprint density at radius 3 is 1.52 bits per heavy atom. The van der Waals surface area contributed by atoms with Gasteiger partial charge in [-0.3, -0.25) is 9.80 Å². The predicted octanol–water partition coefficient (Wildman–Crippen LogP) is -0.683. The molecular formula is C15H33N3O3. The minimum Gasteiger partial charge on any atom is -0.395 e. The van der Waals surface area contributed by atoms with E-state index in [4.69, 9.17) is 14.9 Å². The Morgan fingerprint density at radius 1 is 0.714 bits per heavy atom. The van der Waals surface area contributed by atoms with Gasteiger partial charge in [0.15, 0.2) is 0 Å². The van der Waals surface area contributed by atoms with E-state index in [2.05, 4.69) is 21.6 Å². The first-order valence-electron chi connectivity index (χ1n) is 8.26. The normalized spacial score (nSPS) is 21.9. The van der Waals surface area contributed by atoms with E-state index in [9.17, 15) is 0 Å². The van der Waals surface area contributed by atoms with Crippen LogP contribution in [0, 0.1) is 0 Å². The smallest absolute Gasteiger partial charge is 0.0594 e. The molecule has 0 bridgehead atoms. The first-order valence-corrected chi connectivity index (χ1v) is 8.26. The molecule has 2 N–H and O–H groups in total. The summed E-state index contributed by atoms with van der Waals surface area (Å²) in [7, 11) is 0. The van der Waals surface area contributed by atoms with Gasteiger partial charge < -0.3 is 19.8 Å². The molecular weight excluding hydrogens is 270 g/mol. The van der Waals surface area contributed by atoms with Gasteiger partial charge in [-0.15, -0.1) is 0 Å². The van der Waals surface area contributed by atoms with E-state index in [1.165, 1.54) is 0 Å². The number of rotatable bonds is 6. The maximum Gasteiger partial charge on any atom is 0.0594 e. The number of β-amino-alcohol motifs (C(OH)–C–C–N with tert-alkyl or cyclic N) is 2. The van der Waals surface area contributed by atoms with Crippen molar-refractivity contribution in [3.05, 3.63) is 0 Å². The van der Waals surface area contributed by atoms with Crippen LogP contribution in [-0.4, -0.2) is 110 Å². The topological polar surface area (TPSA) is 59.4 Å². The van der Waals surface area contributed by atoms with Gasteiger partial charge in [0.1, 0.15) is 0 Å². The lowest BCUT2D eigenvalue weighted by molar-refractivity contribution is 0.0588. The van der Waals surface area contributed by atoms with Crippen molar-refractivity contribution in [2.75, 3.05) is 85.3 Å². The largest absolute Gasteiger partial charge is 0.395 e. The van der Waals surface area contributed by atoms with Crippen LogP contribution < -0.4 is 0 Å². The number of hydrogen-bond donors (Lipinski definition) is 2. The predicted molar refractivity (Wildman–Crippen MR) is 84.6 cm³/mol. The van der Waals surface area contributed by atoms with Crippen molar-refractivity contribution in [2.24, 2.45) is 0 Å². The van der Waals surface area contributed by atoms with Gasteiger partial charge in [0, 0.05) is 52.4 Å². The van der Waals surface area contributed by atoms with Crippen LogP contribution in [0.5, 0.6) is 0 Å². The average molecular weight is 303 g/mol. The van der Waals surface area contributed by atoms with E-state index in [1.807, 2.05) is 0 Å². The number of nitrogens with zero attached hydrogens (tertiary/aromatic N) is 3. The highest BCUT2D eigenvalue weighted by molar-refractivity contribution is 4.67. The number of aliphatic hydroxyl groups excluding tert-OH is 2. The van der Waals surface area contributed by atoms with E-state index in [0.717, 1.165) is 65.3 Å². The molecule has 1 fully saturated rings. The zero-order chi connectivity index (χ0) is 15.3. The van der Waals surface area contributed by atoms with E-state index in [0.29, 0.717) is 13.2 Å². The fourth-order valence-corrected chi connectivity index (χ4v) is 2.66. The lowest BCUT2D eigenvalue weighted by atomic mass is 10.3. The second-order valence-electron chi connectivity index (χ2n) is 5.58. The van der Waals surface area contributed by atoms with Crippen molar-refractivity contribution in [3.8, 4) is 0 Å².